The van der Waals surface area contributed by atoms with Gasteiger partial charge in [0.2, 0.25) is 5.75 Å². The van der Waals surface area contributed by atoms with E-state index in [9.17, 15) is 30.3 Å². The highest BCUT2D eigenvalue weighted by Crippen LogP contribution is 2.64. The first-order valence-corrected chi connectivity index (χ1v) is 18.3. The lowest BCUT2D eigenvalue weighted by molar-refractivity contribution is -0.121. The Labute approximate surface area is 304 Å². The number of fused-ring (bicyclic) bond motifs is 2. The van der Waals surface area contributed by atoms with E-state index >= 15 is 0 Å². The third-order valence-corrected chi connectivity index (χ3v) is 11.6. The number of Topliss-reactive ketones (excluding diaryl/α,β-unsaturated/α-hetero) is 1. The summed E-state index contributed by atoms with van der Waals surface area (Å²) in [7, 11) is 0. The number of ketones is 1. The van der Waals surface area contributed by atoms with Crippen molar-refractivity contribution in [3.63, 3.8) is 0 Å². The Morgan fingerprint density at radius 2 is 1.65 bits per heavy atom. The smallest absolute Gasteiger partial charge is 0.200 e. The van der Waals surface area contributed by atoms with Crippen LogP contribution in [-0.2, 0) is 23.2 Å². The zero-order valence-corrected chi connectivity index (χ0v) is 29.2. The summed E-state index contributed by atoms with van der Waals surface area (Å²) in [5.74, 6) is -1.01. The highest BCUT2D eigenvalue weighted by Gasteiger charge is 2.54. The molecule has 0 aromatic heterocycles. The van der Waals surface area contributed by atoms with Crippen LogP contribution in [0.5, 0.6) is 34.5 Å². The van der Waals surface area contributed by atoms with Gasteiger partial charge in [0.25, 0.3) is 0 Å². The Bertz CT molecular complexity index is 1940. The molecule has 4 aliphatic carbocycles. The molecule has 5 atom stereocenters. The minimum atomic E-state index is -1.00. The molecule has 4 aliphatic rings. The summed E-state index contributed by atoms with van der Waals surface area (Å²) >= 11 is 0. The maximum absolute atomic E-state index is 13.5. The number of benzene rings is 4. The number of rotatable bonds is 13. The number of ether oxygens (including phenoxy) is 2. The van der Waals surface area contributed by atoms with Crippen LogP contribution in [0, 0.1) is 11.8 Å². The van der Waals surface area contributed by atoms with Crippen LogP contribution in [0.3, 0.4) is 0 Å². The van der Waals surface area contributed by atoms with Gasteiger partial charge in [0, 0.05) is 30.2 Å². The Kier molecular flexibility index (Phi) is 10.2. The van der Waals surface area contributed by atoms with Gasteiger partial charge in [0.15, 0.2) is 23.0 Å². The molecule has 7 N–H and O–H groups in total. The average molecular weight is 706 g/mol. The Morgan fingerprint density at radius 3 is 2.40 bits per heavy atom. The number of phenols is 4. The molecule has 0 amide bonds. The summed E-state index contributed by atoms with van der Waals surface area (Å²) in [6.45, 7) is -0.0187. The fraction of sp³-hybridized carbons (Fsp3) is 0.372. The van der Waals surface area contributed by atoms with Crippen LogP contribution < -0.4 is 15.2 Å². The number of hydrogen-bond donors (Lipinski definition) is 6. The number of nitrogens with two attached hydrogens (primary N) is 1. The molecule has 9 heteroatoms. The van der Waals surface area contributed by atoms with Gasteiger partial charge in [-0.2, -0.15) is 0 Å². The second-order valence-corrected chi connectivity index (χ2v) is 14.6. The summed E-state index contributed by atoms with van der Waals surface area (Å²) in [6.07, 6.45) is 8.61. The molecular formula is C43H47NO8. The van der Waals surface area contributed by atoms with Gasteiger partial charge in [0.1, 0.15) is 24.9 Å². The van der Waals surface area contributed by atoms with Crippen molar-refractivity contribution in [1.29, 1.82) is 0 Å². The van der Waals surface area contributed by atoms with Gasteiger partial charge in [-0.1, -0.05) is 73.5 Å². The Morgan fingerprint density at radius 1 is 0.865 bits per heavy atom. The normalized spacial score (nSPS) is 22.0. The molecule has 1 saturated carbocycles. The molecule has 0 unspecified atom stereocenters. The molecule has 9 nitrogen and oxygen atoms in total. The lowest BCUT2D eigenvalue weighted by Crippen LogP contribution is -2.43. The fourth-order valence-corrected chi connectivity index (χ4v) is 9.32. The highest BCUT2D eigenvalue weighted by molar-refractivity contribution is 5.79. The van der Waals surface area contributed by atoms with Crippen molar-refractivity contribution in [1.82, 2.24) is 0 Å². The maximum Gasteiger partial charge on any atom is 0.200 e. The minimum absolute atomic E-state index is 0.0244. The zero-order valence-electron chi connectivity index (χ0n) is 29.2. The van der Waals surface area contributed by atoms with Crippen molar-refractivity contribution >= 4 is 5.78 Å². The molecule has 52 heavy (non-hydrogen) atoms. The molecule has 1 fully saturated rings. The standard InChI is InChI=1S/C43H47NO8/c44-25-52-38-20-26(12-16-35(38)47)11-14-31(46)22-36(48)32-15-13-28-21-34(43(17-4-5-18-43)29-8-2-1-3-9-29)40(32)33-23-37(49)41(50)42(39(28)33)51-24-27-7-6-10-30(45)19-27/h1-3,6-10,12-13,15-16,19-20,23,28,32,34,36,40,45,47-50H,4-5,11,14,17-18,21-22,24-25,44H2/t28-,32+,34-,36+,40+/m1/s1. The third-order valence-electron chi connectivity index (χ3n) is 11.6. The summed E-state index contributed by atoms with van der Waals surface area (Å²) < 4.78 is 11.6. The fourth-order valence-electron chi connectivity index (χ4n) is 9.32. The molecule has 0 radical (unpaired) electrons. The van der Waals surface area contributed by atoms with Gasteiger partial charge < -0.3 is 35.0 Å². The van der Waals surface area contributed by atoms with E-state index < -0.39 is 12.0 Å². The molecule has 4 aromatic rings. The maximum atomic E-state index is 13.5. The zero-order chi connectivity index (χ0) is 36.4. The van der Waals surface area contributed by atoms with Crippen LogP contribution in [0.2, 0.25) is 0 Å². The van der Waals surface area contributed by atoms with Crippen LogP contribution >= 0.6 is 0 Å². The summed E-state index contributed by atoms with van der Waals surface area (Å²) in [6, 6.07) is 23.9. The van der Waals surface area contributed by atoms with Gasteiger partial charge in [-0.3, -0.25) is 10.5 Å². The molecule has 0 spiro atoms. The number of aliphatic hydroxyl groups excluding tert-OH is 1. The van der Waals surface area contributed by atoms with E-state index in [0.717, 1.165) is 48.8 Å². The van der Waals surface area contributed by atoms with Crippen molar-refractivity contribution in [2.45, 2.75) is 81.3 Å². The van der Waals surface area contributed by atoms with Crippen LogP contribution in [-0.4, -0.2) is 44.2 Å². The van der Waals surface area contributed by atoms with Crippen LogP contribution in [0.4, 0.5) is 0 Å². The lowest BCUT2D eigenvalue weighted by Gasteiger charge is -2.49. The number of carbonyl (C=O) groups excluding carboxylic acids is 1. The van der Waals surface area contributed by atoms with E-state index in [4.69, 9.17) is 15.2 Å². The number of carbonyl (C=O) groups is 1. The number of aliphatic hydroxyl groups is 1. The first-order chi connectivity index (χ1) is 25.2. The van der Waals surface area contributed by atoms with E-state index in [1.54, 1.807) is 36.4 Å². The van der Waals surface area contributed by atoms with Gasteiger partial charge in [-0.05, 0) is 95.5 Å². The number of aromatic hydroxyl groups is 4. The molecule has 272 valence electrons. The van der Waals surface area contributed by atoms with E-state index in [-0.39, 0.29) is 89.6 Å². The summed E-state index contributed by atoms with van der Waals surface area (Å²) in [4.78, 5) is 13.5. The van der Waals surface area contributed by atoms with Crippen molar-refractivity contribution in [2.75, 3.05) is 6.73 Å². The van der Waals surface area contributed by atoms with Crippen LogP contribution in [0.1, 0.15) is 84.6 Å². The Hall–Kier alpha value is -4.99. The first kappa shape index (κ1) is 35.4. The molecule has 0 saturated heterocycles. The van der Waals surface area contributed by atoms with E-state index in [0.29, 0.717) is 12.0 Å². The largest absolute Gasteiger partial charge is 0.508 e. The van der Waals surface area contributed by atoms with E-state index in [2.05, 4.69) is 30.3 Å². The van der Waals surface area contributed by atoms with Crippen molar-refractivity contribution in [3.8, 4) is 34.5 Å². The van der Waals surface area contributed by atoms with Crippen molar-refractivity contribution in [2.24, 2.45) is 17.6 Å². The number of hydrogen-bond acceptors (Lipinski definition) is 9. The monoisotopic (exact) mass is 705 g/mol. The molecule has 2 bridgehead atoms. The SMILES string of the molecule is NCOc1cc(CCC(=O)C[C@H](O)[C@@H]2C=C[C@@H]3C[C@@H](C4(c5ccccc5)CCCC4)[C@@H]2c2cc(O)c(O)c(OCc4cccc(O)c4)c23)ccc1O. The molecule has 0 aliphatic heterocycles. The molecule has 8 rings (SSSR count). The molecule has 4 aromatic carbocycles. The molecule has 0 heterocycles. The lowest BCUT2D eigenvalue weighted by atomic mass is 9.55. The molecular weight excluding hydrogens is 658 g/mol. The first-order valence-electron chi connectivity index (χ1n) is 18.3. The van der Waals surface area contributed by atoms with Crippen molar-refractivity contribution < 1.29 is 39.8 Å². The topological polar surface area (TPSA) is 163 Å². The number of allylic oxidation sites excluding steroid dienone is 1. The van der Waals surface area contributed by atoms with E-state index in [1.165, 1.54) is 11.6 Å². The van der Waals surface area contributed by atoms with Crippen LogP contribution in [0.25, 0.3) is 0 Å². The van der Waals surface area contributed by atoms with Crippen molar-refractivity contribution in [3.05, 3.63) is 119 Å². The predicted octanol–water partition coefficient (Wildman–Crippen LogP) is 7.22. The average Bonchev–Trinajstić information content (AvgIpc) is 3.49. The van der Waals surface area contributed by atoms with Crippen LogP contribution in [0.15, 0.2) is 91.0 Å². The summed E-state index contributed by atoms with van der Waals surface area (Å²) in [5, 5.41) is 54.6. The second kappa shape index (κ2) is 14.9. The summed E-state index contributed by atoms with van der Waals surface area (Å²) in [5.41, 5.74) is 9.72. The predicted molar refractivity (Wildman–Crippen MR) is 197 cm³/mol. The van der Waals surface area contributed by atoms with Gasteiger partial charge in [0.05, 0.1) is 6.10 Å². The van der Waals surface area contributed by atoms with Gasteiger partial charge in [-0.15, -0.1) is 0 Å². The number of aryl methyl sites for hydroxylation is 1. The third kappa shape index (κ3) is 6.83. The number of phenolic OH excluding ortho intramolecular Hbond substituents is 4. The quantitative estimate of drug-likeness (QED) is 0.0479. The Balaban J connectivity index is 1.23. The van der Waals surface area contributed by atoms with Gasteiger partial charge in [-0.25, -0.2) is 0 Å². The van der Waals surface area contributed by atoms with Gasteiger partial charge >= 0.3 is 0 Å². The minimum Gasteiger partial charge on any atom is -0.508 e. The highest BCUT2D eigenvalue weighted by atomic mass is 16.5. The van der Waals surface area contributed by atoms with E-state index in [1.807, 2.05) is 18.2 Å². The second-order valence-electron chi connectivity index (χ2n) is 14.6.